The van der Waals surface area contributed by atoms with Crippen LogP contribution in [0.15, 0.2) is 29.3 Å². The van der Waals surface area contributed by atoms with Gasteiger partial charge in [0.2, 0.25) is 5.91 Å². The lowest BCUT2D eigenvalue weighted by Crippen LogP contribution is -2.38. The second-order valence-electron chi connectivity index (χ2n) is 4.50. The second-order valence-corrected chi connectivity index (χ2v) is 4.50. The maximum Gasteiger partial charge on any atom is 0.224 e. The van der Waals surface area contributed by atoms with Gasteiger partial charge in [0.25, 0.3) is 0 Å². The minimum Gasteiger partial charge on any atom is -0.305 e. The highest BCUT2D eigenvalue weighted by molar-refractivity contribution is 6.00. The molecule has 0 bridgehead atoms. The van der Waals surface area contributed by atoms with Crippen molar-refractivity contribution >= 4 is 29.6 Å². The van der Waals surface area contributed by atoms with Gasteiger partial charge in [-0.25, -0.2) is 0 Å². The van der Waals surface area contributed by atoms with E-state index in [-0.39, 0.29) is 11.9 Å². The summed E-state index contributed by atoms with van der Waals surface area (Å²) in [6.45, 7) is 9.36. The number of hydrogen-bond donors (Lipinski definition) is 0. The van der Waals surface area contributed by atoms with Gasteiger partial charge in [-0.15, -0.1) is 0 Å². The molecule has 1 aromatic carbocycles. The molecule has 18 heavy (non-hydrogen) atoms. The van der Waals surface area contributed by atoms with Gasteiger partial charge in [0.1, 0.15) is 0 Å². The van der Waals surface area contributed by atoms with Crippen molar-refractivity contribution in [3.63, 3.8) is 0 Å². The van der Waals surface area contributed by atoms with Crippen LogP contribution in [0.25, 0.3) is 5.57 Å². The van der Waals surface area contributed by atoms with Gasteiger partial charge in [0.05, 0.1) is 17.4 Å². The van der Waals surface area contributed by atoms with E-state index in [4.69, 9.17) is 0 Å². The molecule has 94 valence electrons. The molecule has 0 spiro atoms. The fourth-order valence-electron chi connectivity index (χ4n) is 2.61. The van der Waals surface area contributed by atoms with Crippen molar-refractivity contribution in [2.75, 3.05) is 4.90 Å². The van der Waals surface area contributed by atoms with E-state index >= 15 is 0 Å². The number of carbonyl (C=O) groups excluding carboxylic acids is 1. The summed E-state index contributed by atoms with van der Waals surface area (Å²) in [6, 6.07) is 5.92. The van der Waals surface area contributed by atoms with Crippen LogP contribution in [0.4, 0.5) is 11.4 Å². The lowest BCUT2D eigenvalue weighted by atomic mass is 9.92. The SMILES string of the molecule is C=Nc1cccc2c1C(CC)=CC(C)N2C(C)=O. The minimum atomic E-state index is 0.0522. The molecule has 1 aliphatic rings. The molecule has 0 saturated carbocycles. The van der Waals surface area contributed by atoms with E-state index < -0.39 is 0 Å². The first kappa shape index (κ1) is 12.6. The Labute approximate surface area is 108 Å². The summed E-state index contributed by atoms with van der Waals surface area (Å²) in [5, 5.41) is 0. The Bertz CT molecular complexity index is 531. The molecule has 2 rings (SSSR count). The number of fused-ring (bicyclic) bond motifs is 1. The van der Waals surface area contributed by atoms with Gasteiger partial charge in [0, 0.05) is 12.5 Å². The summed E-state index contributed by atoms with van der Waals surface area (Å²) in [5.41, 5.74) is 4.07. The molecule has 3 nitrogen and oxygen atoms in total. The van der Waals surface area contributed by atoms with Crippen molar-refractivity contribution in [2.24, 2.45) is 4.99 Å². The summed E-state index contributed by atoms with van der Waals surface area (Å²) in [4.78, 5) is 17.7. The van der Waals surface area contributed by atoms with E-state index in [0.717, 1.165) is 23.4 Å². The van der Waals surface area contributed by atoms with Crippen molar-refractivity contribution in [1.82, 2.24) is 0 Å². The molecule has 1 atom stereocenters. The number of allylic oxidation sites excluding steroid dienone is 1. The van der Waals surface area contributed by atoms with Crippen LogP contribution >= 0.6 is 0 Å². The largest absolute Gasteiger partial charge is 0.305 e. The standard InChI is InChI=1S/C15H18N2O/c1-5-12-9-10(2)17(11(3)18)14-8-6-7-13(16-4)15(12)14/h6-10H,4-5H2,1-3H3. The van der Waals surface area contributed by atoms with E-state index in [1.165, 1.54) is 5.57 Å². The number of anilines is 1. The van der Waals surface area contributed by atoms with Crippen LogP contribution < -0.4 is 4.90 Å². The van der Waals surface area contributed by atoms with Crippen LogP contribution in [0.2, 0.25) is 0 Å². The Morgan fingerprint density at radius 3 is 2.78 bits per heavy atom. The van der Waals surface area contributed by atoms with Crippen LogP contribution in [0.5, 0.6) is 0 Å². The number of hydrogen-bond acceptors (Lipinski definition) is 2. The topological polar surface area (TPSA) is 32.7 Å². The number of carbonyl (C=O) groups is 1. The first-order valence-electron chi connectivity index (χ1n) is 6.20. The van der Waals surface area contributed by atoms with Crippen LogP contribution in [0.3, 0.4) is 0 Å². The van der Waals surface area contributed by atoms with Gasteiger partial charge >= 0.3 is 0 Å². The minimum absolute atomic E-state index is 0.0522. The van der Waals surface area contributed by atoms with Gasteiger partial charge in [-0.1, -0.05) is 19.1 Å². The molecule has 0 N–H and O–H groups in total. The van der Waals surface area contributed by atoms with E-state index in [0.29, 0.717) is 0 Å². The molecule has 0 fully saturated rings. The van der Waals surface area contributed by atoms with Gasteiger partial charge in [0.15, 0.2) is 0 Å². The zero-order valence-electron chi connectivity index (χ0n) is 11.1. The zero-order chi connectivity index (χ0) is 13.3. The molecule has 1 aliphatic heterocycles. The maximum atomic E-state index is 11.8. The average Bonchev–Trinajstić information content (AvgIpc) is 2.36. The summed E-state index contributed by atoms with van der Waals surface area (Å²) < 4.78 is 0. The molecule has 3 heteroatoms. The monoisotopic (exact) mass is 242 g/mol. The van der Waals surface area contributed by atoms with Crippen molar-refractivity contribution in [3.8, 4) is 0 Å². The molecule has 1 amide bonds. The summed E-state index contributed by atoms with van der Waals surface area (Å²) >= 11 is 0. The fraction of sp³-hybridized carbons (Fsp3) is 0.333. The number of amides is 1. The highest BCUT2D eigenvalue weighted by Crippen LogP contribution is 2.41. The zero-order valence-corrected chi connectivity index (χ0v) is 11.1. The first-order valence-corrected chi connectivity index (χ1v) is 6.20. The first-order chi connectivity index (χ1) is 8.60. The van der Waals surface area contributed by atoms with Gasteiger partial charge in [-0.05, 0) is 37.8 Å². The third kappa shape index (κ3) is 1.86. The maximum absolute atomic E-state index is 11.8. The molecule has 0 aromatic heterocycles. The smallest absolute Gasteiger partial charge is 0.224 e. The predicted octanol–water partition coefficient (Wildman–Crippen LogP) is 3.57. The summed E-state index contributed by atoms with van der Waals surface area (Å²) in [5.74, 6) is 0.0522. The van der Waals surface area contributed by atoms with Crippen LogP contribution in [0.1, 0.15) is 32.8 Å². The lowest BCUT2D eigenvalue weighted by Gasteiger charge is -2.34. The number of aliphatic imine (C=N–C) groups is 1. The molecule has 1 unspecified atom stereocenters. The van der Waals surface area contributed by atoms with E-state index in [1.54, 1.807) is 6.92 Å². The number of nitrogens with zero attached hydrogens (tertiary/aromatic N) is 2. The summed E-state index contributed by atoms with van der Waals surface area (Å²) in [7, 11) is 0. The average molecular weight is 242 g/mol. The Morgan fingerprint density at radius 2 is 2.22 bits per heavy atom. The predicted molar refractivity (Wildman–Crippen MR) is 76.5 cm³/mol. The lowest BCUT2D eigenvalue weighted by molar-refractivity contribution is -0.116. The van der Waals surface area contributed by atoms with Gasteiger partial charge in [-0.2, -0.15) is 0 Å². The Hall–Kier alpha value is -1.90. The number of benzene rings is 1. The third-order valence-electron chi connectivity index (χ3n) is 3.34. The molecular weight excluding hydrogens is 224 g/mol. The molecule has 1 heterocycles. The van der Waals surface area contributed by atoms with Crippen molar-refractivity contribution < 1.29 is 4.79 Å². The molecule has 0 aliphatic carbocycles. The highest BCUT2D eigenvalue weighted by Gasteiger charge is 2.27. The molecule has 0 radical (unpaired) electrons. The Balaban J connectivity index is 2.70. The van der Waals surface area contributed by atoms with Crippen molar-refractivity contribution in [1.29, 1.82) is 0 Å². The third-order valence-corrected chi connectivity index (χ3v) is 3.34. The van der Waals surface area contributed by atoms with Crippen LogP contribution in [0, 0.1) is 0 Å². The fourth-order valence-corrected chi connectivity index (χ4v) is 2.61. The van der Waals surface area contributed by atoms with Crippen molar-refractivity contribution in [2.45, 2.75) is 33.2 Å². The normalized spacial score (nSPS) is 18.1. The Morgan fingerprint density at radius 1 is 1.50 bits per heavy atom. The summed E-state index contributed by atoms with van der Waals surface area (Å²) in [6.07, 6.45) is 3.06. The molecule has 0 saturated heterocycles. The van der Waals surface area contributed by atoms with E-state index in [1.807, 2.05) is 30.0 Å². The highest BCUT2D eigenvalue weighted by atomic mass is 16.2. The molecule has 1 aromatic rings. The second kappa shape index (κ2) is 4.77. The van der Waals surface area contributed by atoms with Crippen molar-refractivity contribution in [3.05, 3.63) is 29.8 Å². The van der Waals surface area contributed by atoms with E-state index in [9.17, 15) is 4.79 Å². The quantitative estimate of drug-likeness (QED) is 0.730. The van der Waals surface area contributed by atoms with Gasteiger partial charge < -0.3 is 4.90 Å². The Kier molecular flexibility index (Phi) is 3.32. The molecular formula is C15H18N2O. The number of rotatable bonds is 2. The van der Waals surface area contributed by atoms with Crippen LogP contribution in [-0.2, 0) is 4.79 Å². The van der Waals surface area contributed by atoms with E-state index in [2.05, 4.69) is 24.7 Å². The van der Waals surface area contributed by atoms with Crippen LogP contribution in [-0.4, -0.2) is 18.7 Å². The van der Waals surface area contributed by atoms with Gasteiger partial charge in [-0.3, -0.25) is 9.79 Å².